The lowest BCUT2D eigenvalue weighted by Crippen LogP contribution is -2.51. The van der Waals surface area contributed by atoms with E-state index in [2.05, 4.69) is 34.4 Å². The quantitative estimate of drug-likeness (QED) is 0.377. The van der Waals surface area contributed by atoms with E-state index in [0.29, 0.717) is 18.6 Å². The molecule has 1 aliphatic rings. The molecule has 22 heavy (non-hydrogen) atoms. The van der Waals surface area contributed by atoms with Crippen LogP contribution < -0.4 is 10.6 Å². The fraction of sp³-hybridized carbons (Fsp3) is 0.938. The van der Waals surface area contributed by atoms with Crippen molar-refractivity contribution in [3.05, 3.63) is 0 Å². The molecule has 6 heteroatoms. The summed E-state index contributed by atoms with van der Waals surface area (Å²) in [7, 11) is 1.81. The van der Waals surface area contributed by atoms with Crippen molar-refractivity contribution in [3.8, 4) is 0 Å². The van der Waals surface area contributed by atoms with Crippen molar-refractivity contribution in [2.45, 2.75) is 33.2 Å². The molecule has 0 amide bonds. The molecule has 0 aromatic rings. The van der Waals surface area contributed by atoms with Gasteiger partial charge in [-0.2, -0.15) is 0 Å². The van der Waals surface area contributed by atoms with Crippen LogP contribution in [0.2, 0.25) is 0 Å². The molecule has 1 rings (SSSR count). The molecular formula is C16H34N4O2. The fourth-order valence-corrected chi connectivity index (χ4v) is 2.67. The zero-order valence-electron chi connectivity index (χ0n) is 14.7. The summed E-state index contributed by atoms with van der Waals surface area (Å²) in [5.74, 6) is 1.53. The Labute approximate surface area is 135 Å². The zero-order chi connectivity index (χ0) is 16.2. The molecule has 1 heterocycles. The van der Waals surface area contributed by atoms with Crippen molar-refractivity contribution >= 4 is 5.96 Å². The molecule has 2 N–H and O–H groups in total. The van der Waals surface area contributed by atoms with Gasteiger partial charge in [0.1, 0.15) is 0 Å². The number of ether oxygens (including phenoxy) is 2. The van der Waals surface area contributed by atoms with Gasteiger partial charge in [0.2, 0.25) is 0 Å². The standard InChI is InChI=1S/C16H34N4O2/c1-5-21-9-6-18-16(17-4)19-13-15(12-14(2)3)20-7-10-22-11-8-20/h14-15H,5-13H2,1-4H3,(H2,17,18,19). The molecule has 0 bridgehead atoms. The molecule has 1 atom stereocenters. The van der Waals surface area contributed by atoms with E-state index < -0.39 is 0 Å². The predicted molar refractivity (Wildman–Crippen MR) is 91.5 cm³/mol. The van der Waals surface area contributed by atoms with E-state index in [0.717, 1.165) is 52.0 Å². The number of hydrogen-bond acceptors (Lipinski definition) is 4. The summed E-state index contributed by atoms with van der Waals surface area (Å²) in [4.78, 5) is 6.81. The van der Waals surface area contributed by atoms with Gasteiger partial charge >= 0.3 is 0 Å². The summed E-state index contributed by atoms with van der Waals surface area (Å²) in [6.45, 7) is 13.4. The Balaban J connectivity index is 2.39. The second-order valence-electron chi connectivity index (χ2n) is 6.01. The zero-order valence-corrected chi connectivity index (χ0v) is 14.7. The van der Waals surface area contributed by atoms with Gasteiger partial charge in [0.15, 0.2) is 5.96 Å². The third-order valence-corrected chi connectivity index (χ3v) is 3.78. The van der Waals surface area contributed by atoms with E-state index in [1.807, 2.05) is 14.0 Å². The molecule has 1 aliphatic heterocycles. The largest absolute Gasteiger partial charge is 0.380 e. The van der Waals surface area contributed by atoms with Gasteiger partial charge in [-0.15, -0.1) is 0 Å². The van der Waals surface area contributed by atoms with E-state index in [4.69, 9.17) is 9.47 Å². The summed E-state index contributed by atoms with van der Waals surface area (Å²) >= 11 is 0. The summed E-state index contributed by atoms with van der Waals surface area (Å²) in [5.41, 5.74) is 0. The van der Waals surface area contributed by atoms with Crippen LogP contribution in [0.5, 0.6) is 0 Å². The van der Waals surface area contributed by atoms with Gasteiger partial charge in [-0.1, -0.05) is 13.8 Å². The molecule has 0 radical (unpaired) electrons. The van der Waals surface area contributed by atoms with Crippen LogP contribution in [-0.2, 0) is 9.47 Å². The first-order valence-corrected chi connectivity index (χ1v) is 8.51. The molecule has 0 spiro atoms. The van der Waals surface area contributed by atoms with Gasteiger partial charge in [-0.25, -0.2) is 0 Å². The minimum atomic E-state index is 0.523. The Hall–Kier alpha value is -0.850. The Kier molecular flexibility index (Phi) is 10.2. The number of guanidine groups is 1. The molecule has 1 fully saturated rings. The maximum atomic E-state index is 5.47. The Bertz CT molecular complexity index is 305. The number of nitrogens with one attached hydrogen (secondary N) is 2. The first-order chi connectivity index (χ1) is 10.7. The second-order valence-corrected chi connectivity index (χ2v) is 6.01. The molecule has 0 saturated carbocycles. The predicted octanol–water partition coefficient (Wildman–Crippen LogP) is 0.935. The summed E-state index contributed by atoms with van der Waals surface area (Å²) in [6, 6.07) is 0.523. The fourth-order valence-electron chi connectivity index (χ4n) is 2.67. The van der Waals surface area contributed by atoms with Crippen molar-refractivity contribution in [2.24, 2.45) is 10.9 Å². The molecule has 0 aliphatic carbocycles. The number of nitrogens with zero attached hydrogens (tertiary/aromatic N) is 2. The lowest BCUT2D eigenvalue weighted by molar-refractivity contribution is 0.0132. The smallest absolute Gasteiger partial charge is 0.191 e. The molecular weight excluding hydrogens is 280 g/mol. The Morgan fingerprint density at radius 1 is 1.27 bits per heavy atom. The van der Waals surface area contributed by atoms with E-state index in [1.54, 1.807) is 0 Å². The minimum absolute atomic E-state index is 0.523. The van der Waals surface area contributed by atoms with Crippen molar-refractivity contribution in [3.63, 3.8) is 0 Å². The SMILES string of the molecule is CCOCCNC(=NC)NCC(CC(C)C)N1CCOCC1. The van der Waals surface area contributed by atoms with Crippen LogP contribution in [0.25, 0.3) is 0 Å². The van der Waals surface area contributed by atoms with Crippen molar-refractivity contribution < 1.29 is 9.47 Å². The van der Waals surface area contributed by atoms with Gasteiger partial charge in [-0.3, -0.25) is 9.89 Å². The van der Waals surface area contributed by atoms with Crippen LogP contribution in [-0.4, -0.2) is 76.6 Å². The maximum absolute atomic E-state index is 5.47. The number of morpholine rings is 1. The lowest BCUT2D eigenvalue weighted by atomic mass is 10.0. The van der Waals surface area contributed by atoms with Crippen molar-refractivity contribution in [1.82, 2.24) is 15.5 Å². The molecule has 6 nitrogen and oxygen atoms in total. The molecule has 0 aromatic heterocycles. The second kappa shape index (κ2) is 11.7. The minimum Gasteiger partial charge on any atom is -0.380 e. The van der Waals surface area contributed by atoms with E-state index >= 15 is 0 Å². The van der Waals surface area contributed by atoms with E-state index in [-0.39, 0.29) is 0 Å². The van der Waals surface area contributed by atoms with Crippen LogP contribution in [0.1, 0.15) is 27.2 Å². The highest BCUT2D eigenvalue weighted by Crippen LogP contribution is 2.12. The molecule has 1 unspecified atom stereocenters. The number of rotatable bonds is 9. The first kappa shape index (κ1) is 19.2. The molecule has 130 valence electrons. The summed E-state index contributed by atoms with van der Waals surface area (Å²) in [6.07, 6.45) is 1.18. The van der Waals surface area contributed by atoms with Gasteiger partial charge in [0.05, 0.1) is 19.8 Å². The molecule has 1 saturated heterocycles. The average molecular weight is 314 g/mol. The number of aliphatic imine (C=N–C) groups is 1. The highest BCUT2D eigenvalue weighted by Gasteiger charge is 2.22. The topological polar surface area (TPSA) is 58.1 Å². The van der Waals surface area contributed by atoms with E-state index in [1.165, 1.54) is 6.42 Å². The van der Waals surface area contributed by atoms with Crippen LogP contribution in [0, 0.1) is 5.92 Å². The molecule has 0 aromatic carbocycles. The van der Waals surface area contributed by atoms with Crippen molar-refractivity contribution in [1.29, 1.82) is 0 Å². The lowest BCUT2D eigenvalue weighted by Gasteiger charge is -2.35. The average Bonchev–Trinajstić information content (AvgIpc) is 2.53. The summed E-state index contributed by atoms with van der Waals surface area (Å²) in [5, 5.41) is 6.74. The normalized spacial score (nSPS) is 18.5. The number of hydrogen-bond donors (Lipinski definition) is 2. The van der Waals surface area contributed by atoms with Crippen LogP contribution in [0.4, 0.5) is 0 Å². The van der Waals surface area contributed by atoms with Crippen LogP contribution in [0.3, 0.4) is 0 Å². The van der Waals surface area contributed by atoms with Gasteiger partial charge in [-0.05, 0) is 19.3 Å². The monoisotopic (exact) mass is 314 g/mol. The maximum Gasteiger partial charge on any atom is 0.191 e. The van der Waals surface area contributed by atoms with Crippen molar-refractivity contribution in [2.75, 3.05) is 59.7 Å². The van der Waals surface area contributed by atoms with Gasteiger partial charge < -0.3 is 20.1 Å². The summed E-state index contributed by atoms with van der Waals surface area (Å²) < 4.78 is 10.8. The first-order valence-electron chi connectivity index (χ1n) is 8.51. The third-order valence-electron chi connectivity index (χ3n) is 3.78. The van der Waals surface area contributed by atoms with E-state index in [9.17, 15) is 0 Å². The third kappa shape index (κ3) is 7.96. The van der Waals surface area contributed by atoms with Gasteiger partial charge in [0, 0.05) is 45.9 Å². The highest BCUT2D eigenvalue weighted by molar-refractivity contribution is 5.79. The van der Waals surface area contributed by atoms with Gasteiger partial charge in [0.25, 0.3) is 0 Å². The van der Waals surface area contributed by atoms with Crippen LogP contribution in [0.15, 0.2) is 4.99 Å². The van der Waals surface area contributed by atoms with Crippen LogP contribution >= 0.6 is 0 Å². The highest BCUT2D eigenvalue weighted by atomic mass is 16.5. The Morgan fingerprint density at radius 3 is 2.59 bits per heavy atom. The Morgan fingerprint density at radius 2 is 2.00 bits per heavy atom.